The Morgan fingerprint density at radius 1 is 1.17 bits per heavy atom. The molecular formula is C19H26N2O3. The van der Waals surface area contributed by atoms with Gasteiger partial charge in [0.2, 0.25) is 0 Å². The van der Waals surface area contributed by atoms with Crippen molar-refractivity contribution < 1.29 is 13.9 Å². The summed E-state index contributed by atoms with van der Waals surface area (Å²) in [5.41, 5.74) is 1.20. The van der Waals surface area contributed by atoms with Gasteiger partial charge < -0.3 is 14.5 Å². The Kier molecular flexibility index (Phi) is 7.03. The second kappa shape index (κ2) is 9.25. The van der Waals surface area contributed by atoms with Crippen molar-refractivity contribution in [2.24, 2.45) is 0 Å². The van der Waals surface area contributed by atoms with Crippen LogP contribution in [-0.4, -0.2) is 37.6 Å². The van der Waals surface area contributed by atoms with Crippen LogP contribution in [0.1, 0.15) is 41.8 Å². The molecule has 0 aliphatic heterocycles. The van der Waals surface area contributed by atoms with Gasteiger partial charge in [0.15, 0.2) is 5.76 Å². The van der Waals surface area contributed by atoms with Crippen LogP contribution < -0.4 is 5.32 Å². The van der Waals surface area contributed by atoms with Gasteiger partial charge in [0.1, 0.15) is 12.4 Å². The zero-order valence-corrected chi connectivity index (χ0v) is 14.6. The first-order valence-corrected chi connectivity index (χ1v) is 8.34. The van der Waals surface area contributed by atoms with Gasteiger partial charge in [-0.15, -0.1) is 0 Å². The number of hydrogen-bond acceptors (Lipinski definition) is 4. The zero-order chi connectivity index (χ0) is 17.4. The first kappa shape index (κ1) is 18.2. The van der Waals surface area contributed by atoms with Crippen LogP contribution in [0.2, 0.25) is 0 Å². The van der Waals surface area contributed by atoms with Crippen molar-refractivity contribution in [1.29, 1.82) is 0 Å². The van der Waals surface area contributed by atoms with E-state index in [9.17, 15) is 4.79 Å². The van der Waals surface area contributed by atoms with Gasteiger partial charge in [-0.1, -0.05) is 44.2 Å². The molecule has 0 saturated heterocycles. The summed E-state index contributed by atoms with van der Waals surface area (Å²) in [6.45, 7) is 7.00. The van der Waals surface area contributed by atoms with E-state index in [4.69, 9.17) is 9.15 Å². The molecule has 1 heterocycles. The standard InChI is InChI=1S/C19H26N2O3/c1-4-21(5-2)17(15-9-7-6-8-10-15)13-20-19(22)18-12-11-16(24-18)14-23-3/h6-12,17H,4-5,13-14H2,1-3H3,(H,20,22). The van der Waals surface area contributed by atoms with Gasteiger partial charge in [0, 0.05) is 13.7 Å². The maximum atomic E-state index is 12.3. The molecule has 1 N–H and O–H groups in total. The summed E-state index contributed by atoms with van der Waals surface area (Å²) in [7, 11) is 1.59. The van der Waals surface area contributed by atoms with Gasteiger partial charge >= 0.3 is 0 Å². The number of nitrogens with one attached hydrogen (secondary N) is 1. The average molecular weight is 330 g/mol. The molecule has 0 aliphatic carbocycles. The summed E-state index contributed by atoms with van der Waals surface area (Å²) in [5, 5.41) is 2.99. The highest BCUT2D eigenvalue weighted by molar-refractivity contribution is 5.91. The number of amides is 1. The van der Waals surface area contributed by atoms with Crippen molar-refractivity contribution in [1.82, 2.24) is 10.2 Å². The minimum atomic E-state index is -0.203. The number of carbonyl (C=O) groups excluding carboxylic acids is 1. The lowest BCUT2D eigenvalue weighted by atomic mass is 10.1. The molecule has 130 valence electrons. The normalized spacial score (nSPS) is 12.3. The van der Waals surface area contributed by atoms with E-state index in [0.717, 1.165) is 13.1 Å². The van der Waals surface area contributed by atoms with Crippen LogP contribution >= 0.6 is 0 Å². The second-order valence-electron chi connectivity index (χ2n) is 5.56. The van der Waals surface area contributed by atoms with Gasteiger partial charge in [0.25, 0.3) is 5.91 Å². The van der Waals surface area contributed by atoms with E-state index in [1.807, 2.05) is 18.2 Å². The Hall–Kier alpha value is -2.11. The zero-order valence-electron chi connectivity index (χ0n) is 14.6. The lowest BCUT2D eigenvalue weighted by Gasteiger charge is -2.30. The van der Waals surface area contributed by atoms with E-state index in [2.05, 4.69) is 36.2 Å². The predicted octanol–water partition coefficient (Wildman–Crippen LogP) is 3.24. The molecule has 24 heavy (non-hydrogen) atoms. The summed E-state index contributed by atoms with van der Waals surface area (Å²) in [5.74, 6) is 0.754. The van der Waals surface area contributed by atoms with Crippen LogP contribution in [0.15, 0.2) is 46.9 Å². The third kappa shape index (κ3) is 4.69. The molecule has 2 rings (SSSR count). The molecule has 0 saturated carbocycles. The van der Waals surface area contributed by atoms with Gasteiger partial charge in [-0.25, -0.2) is 0 Å². The van der Waals surface area contributed by atoms with Crippen LogP contribution in [0.25, 0.3) is 0 Å². The van der Waals surface area contributed by atoms with Crippen molar-refractivity contribution in [2.75, 3.05) is 26.7 Å². The highest BCUT2D eigenvalue weighted by atomic mass is 16.5. The fraction of sp³-hybridized carbons (Fsp3) is 0.421. The van der Waals surface area contributed by atoms with Crippen LogP contribution in [0.3, 0.4) is 0 Å². The highest BCUT2D eigenvalue weighted by Crippen LogP contribution is 2.19. The number of ether oxygens (including phenoxy) is 1. The summed E-state index contributed by atoms with van der Waals surface area (Å²) >= 11 is 0. The fourth-order valence-electron chi connectivity index (χ4n) is 2.79. The molecule has 5 nitrogen and oxygen atoms in total. The molecule has 1 aromatic carbocycles. The van der Waals surface area contributed by atoms with Gasteiger partial charge in [-0.3, -0.25) is 9.69 Å². The number of benzene rings is 1. The van der Waals surface area contributed by atoms with Crippen LogP contribution in [0.5, 0.6) is 0 Å². The van der Waals surface area contributed by atoms with E-state index in [-0.39, 0.29) is 11.9 Å². The van der Waals surface area contributed by atoms with E-state index in [1.165, 1.54) is 5.56 Å². The number of carbonyl (C=O) groups is 1. The molecule has 0 spiro atoms. The number of furan rings is 1. The summed E-state index contributed by atoms with van der Waals surface area (Å²) < 4.78 is 10.5. The topological polar surface area (TPSA) is 54.7 Å². The SMILES string of the molecule is CCN(CC)C(CNC(=O)c1ccc(COC)o1)c1ccccc1. The Labute approximate surface area is 143 Å². The fourth-order valence-corrected chi connectivity index (χ4v) is 2.79. The number of methoxy groups -OCH3 is 1. The average Bonchev–Trinajstić information content (AvgIpc) is 3.08. The highest BCUT2D eigenvalue weighted by Gasteiger charge is 2.20. The Balaban J connectivity index is 2.05. The number of hydrogen-bond donors (Lipinski definition) is 1. The van der Waals surface area contributed by atoms with E-state index >= 15 is 0 Å². The van der Waals surface area contributed by atoms with Gasteiger partial charge in [0.05, 0.1) is 6.04 Å². The Bertz CT molecular complexity index is 621. The molecule has 1 atom stereocenters. The Morgan fingerprint density at radius 3 is 2.50 bits per heavy atom. The van der Waals surface area contributed by atoms with Gasteiger partial charge in [-0.05, 0) is 30.8 Å². The molecule has 2 aromatic rings. The maximum absolute atomic E-state index is 12.3. The number of rotatable bonds is 9. The van der Waals surface area contributed by atoms with E-state index in [1.54, 1.807) is 19.2 Å². The van der Waals surface area contributed by atoms with Crippen molar-refractivity contribution in [2.45, 2.75) is 26.5 Å². The molecule has 5 heteroatoms. The molecular weight excluding hydrogens is 304 g/mol. The quantitative estimate of drug-likeness (QED) is 0.767. The molecule has 0 aliphatic rings. The molecule has 1 amide bonds. The third-order valence-electron chi connectivity index (χ3n) is 4.07. The van der Waals surface area contributed by atoms with E-state index in [0.29, 0.717) is 24.7 Å². The molecule has 0 bridgehead atoms. The summed E-state index contributed by atoms with van der Waals surface area (Å²) in [6, 6.07) is 13.8. The maximum Gasteiger partial charge on any atom is 0.287 e. The molecule has 1 aromatic heterocycles. The lowest BCUT2D eigenvalue weighted by molar-refractivity contribution is 0.0898. The van der Waals surface area contributed by atoms with Crippen molar-refractivity contribution >= 4 is 5.91 Å². The number of nitrogens with zero attached hydrogens (tertiary/aromatic N) is 1. The van der Waals surface area contributed by atoms with Crippen LogP contribution in [0.4, 0.5) is 0 Å². The third-order valence-corrected chi connectivity index (χ3v) is 4.07. The van der Waals surface area contributed by atoms with Gasteiger partial charge in [-0.2, -0.15) is 0 Å². The predicted molar refractivity (Wildman–Crippen MR) is 93.9 cm³/mol. The van der Waals surface area contributed by atoms with E-state index < -0.39 is 0 Å². The second-order valence-corrected chi connectivity index (χ2v) is 5.56. The summed E-state index contributed by atoms with van der Waals surface area (Å²) in [6.07, 6.45) is 0. The molecule has 0 fully saturated rings. The Morgan fingerprint density at radius 2 is 1.88 bits per heavy atom. The first-order valence-electron chi connectivity index (χ1n) is 8.34. The van der Waals surface area contributed by atoms with Crippen molar-refractivity contribution in [3.8, 4) is 0 Å². The smallest absolute Gasteiger partial charge is 0.287 e. The first-order chi connectivity index (χ1) is 11.7. The monoisotopic (exact) mass is 330 g/mol. The van der Waals surface area contributed by atoms with Crippen LogP contribution in [-0.2, 0) is 11.3 Å². The van der Waals surface area contributed by atoms with Crippen molar-refractivity contribution in [3.63, 3.8) is 0 Å². The lowest BCUT2D eigenvalue weighted by Crippen LogP contribution is -2.38. The number of likely N-dealkylation sites (N-methyl/N-ethyl adjacent to an activating group) is 1. The minimum Gasteiger partial charge on any atom is -0.453 e. The molecule has 0 radical (unpaired) electrons. The summed E-state index contributed by atoms with van der Waals surface area (Å²) in [4.78, 5) is 14.7. The molecule has 1 unspecified atom stereocenters. The van der Waals surface area contributed by atoms with Crippen LogP contribution in [0, 0.1) is 0 Å². The largest absolute Gasteiger partial charge is 0.453 e. The van der Waals surface area contributed by atoms with Crippen molar-refractivity contribution in [3.05, 3.63) is 59.5 Å². The minimum absolute atomic E-state index is 0.138.